The Hall–Kier alpha value is -0.170. The van der Waals surface area contributed by atoms with E-state index >= 15 is 0 Å². The predicted molar refractivity (Wildman–Crippen MR) is 68.1 cm³/mol. The van der Waals surface area contributed by atoms with E-state index in [1.54, 1.807) is 25.5 Å². The largest absolute Gasteiger partial charge is 0.385 e. The summed E-state index contributed by atoms with van der Waals surface area (Å²) >= 11 is 0. The average Bonchev–Trinajstić information content (AvgIpc) is 2.29. The number of ether oxygens (including phenoxy) is 1. The summed E-state index contributed by atoms with van der Waals surface area (Å²) in [6.07, 6.45) is 4.86. The normalized spacial score (nSPS) is 23.2. The van der Waals surface area contributed by atoms with Gasteiger partial charge in [-0.3, -0.25) is 0 Å². The minimum atomic E-state index is -3.26. The van der Waals surface area contributed by atoms with Crippen LogP contribution in [-0.4, -0.2) is 57.4 Å². The molecule has 17 heavy (non-hydrogen) atoms. The highest BCUT2D eigenvalue weighted by atomic mass is 32.2. The Kier molecular flexibility index (Phi) is 5.85. The van der Waals surface area contributed by atoms with Crippen molar-refractivity contribution in [3.05, 3.63) is 0 Å². The van der Waals surface area contributed by atoms with Crippen LogP contribution < -0.4 is 0 Å². The Morgan fingerprint density at radius 1 is 1.35 bits per heavy atom. The standard InChI is InChI=1S/C11H24N2O3S/c1-12(2)17(14,15)13-9-5-4-7-11(13)8-6-10-16-3/h11H,4-10H2,1-3H3/t11-/m1/s1. The van der Waals surface area contributed by atoms with Gasteiger partial charge in [-0.05, 0) is 25.7 Å². The Morgan fingerprint density at radius 3 is 2.65 bits per heavy atom. The molecule has 1 saturated heterocycles. The lowest BCUT2D eigenvalue weighted by Gasteiger charge is -2.36. The van der Waals surface area contributed by atoms with E-state index in [9.17, 15) is 8.42 Å². The van der Waals surface area contributed by atoms with E-state index < -0.39 is 10.2 Å². The van der Waals surface area contributed by atoms with Crippen LogP contribution in [0.3, 0.4) is 0 Å². The number of nitrogens with zero attached hydrogens (tertiary/aromatic N) is 2. The van der Waals surface area contributed by atoms with Crippen LogP contribution in [0, 0.1) is 0 Å². The maximum Gasteiger partial charge on any atom is 0.281 e. The molecule has 0 unspecified atom stereocenters. The SMILES string of the molecule is COCCC[C@H]1CCCCN1S(=O)(=O)N(C)C. The number of hydrogen-bond donors (Lipinski definition) is 0. The van der Waals surface area contributed by atoms with E-state index in [0.717, 1.165) is 32.1 Å². The van der Waals surface area contributed by atoms with Crippen molar-refractivity contribution >= 4 is 10.2 Å². The van der Waals surface area contributed by atoms with Crippen molar-refractivity contribution in [2.45, 2.75) is 38.1 Å². The molecule has 1 heterocycles. The fourth-order valence-corrected chi connectivity index (χ4v) is 3.61. The minimum absolute atomic E-state index is 0.145. The van der Waals surface area contributed by atoms with E-state index in [2.05, 4.69) is 0 Å². The van der Waals surface area contributed by atoms with Crippen LogP contribution in [0.4, 0.5) is 0 Å². The van der Waals surface area contributed by atoms with E-state index in [4.69, 9.17) is 4.74 Å². The van der Waals surface area contributed by atoms with Crippen molar-refractivity contribution in [2.24, 2.45) is 0 Å². The lowest BCUT2D eigenvalue weighted by atomic mass is 10.0. The van der Waals surface area contributed by atoms with Crippen LogP contribution in [0.1, 0.15) is 32.1 Å². The molecule has 1 aliphatic rings. The van der Waals surface area contributed by atoms with Gasteiger partial charge in [-0.1, -0.05) is 6.42 Å². The molecule has 0 bridgehead atoms. The van der Waals surface area contributed by atoms with Crippen molar-refractivity contribution in [3.63, 3.8) is 0 Å². The molecule has 0 aromatic carbocycles. The summed E-state index contributed by atoms with van der Waals surface area (Å²) in [5.74, 6) is 0. The van der Waals surface area contributed by atoms with Gasteiger partial charge in [-0.25, -0.2) is 0 Å². The molecule has 0 N–H and O–H groups in total. The zero-order valence-electron chi connectivity index (χ0n) is 11.1. The number of piperidine rings is 1. The fraction of sp³-hybridized carbons (Fsp3) is 1.00. The van der Waals surface area contributed by atoms with Gasteiger partial charge in [0.2, 0.25) is 0 Å². The van der Waals surface area contributed by atoms with E-state index in [-0.39, 0.29) is 6.04 Å². The molecule has 0 aliphatic carbocycles. The fourth-order valence-electron chi connectivity index (χ4n) is 2.24. The first-order chi connectivity index (χ1) is 8.00. The highest BCUT2D eigenvalue weighted by Crippen LogP contribution is 2.24. The van der Waals surface area contributed by atoms with Crippen molar-refractivity contribution in [2.75, 3.05) is 34.4 Å². The average molecular weight is 264 g/mol. The zero-order valence-corrected chi connectivity index (χ0v) is 11.9. The lowest BCUT2D eigenvalue weighted by Crippen LogP contribution is -2.48. The molecule has 0 aromatic rings. The molecule has 0 aromatic heterocycles. The third kappa shape index (κ3) is 3.91. The minimum Gasteiger partial charge on any atom is -0.385 e. The first-order valence-electron chi connectivity index (χ1n) is 6.18. The number of hydrogen-bond acceptors (Lipinski definition) is 3. The Morgan fingerprint density at radius 2 is 2.06 bits per heavy atom. The van der Waals surface area contributed by atoms with Crippen molar-refractivity contribution < 1.29 is 13.2 Å². The lowest BCUT2D eigenvalue weighted by molar-refractivity contribution is 0.169. The second-order valence-corrected chi connectivity index (χ2v) is 6.78. The quantitative estimate of drug-likeness (QED) is 0.674. The highest BCUT2D eigenvalue weighted by Gasteiger charge is 2.33. The Bertz CT molecular complexity index is 317. The van der Waals surface area contributed by atoms with Crippen LogP contribution in [0.15, 0.2) is 0 Å². The summed E-state index contributed by atoms with van der Waals surface area (Å²) in [5.41, 5.74) is 0. The first kappa shape index (κ1) is 14.9. The monoisotopic (exact) mass is 264 g/mol. The van der Waals surface area contributed by atoms with Crippen LogP contribution >= 0.6 is 0 Å². The van der Waals surface area contributed by atoms with Crippen LogP contribution in [0.5, 0.6) is 0 Å². The van der Waals surface area contributed by atoms with Gasteiger partial charge < -0.3 is 4.74 Å². The summed E-state index contributed by atoms with van der Waals surface area (Å²) in [6.45, 7) is 1.35. The summed E-state index contributed by atoms with van der Waals surface area (Å²) in [6, 6.07) is 0.145. The van der Waals surface area contributed by atoms with Crippen LogP contribution in [-0.2, 0) is 14.9 Å². The van der Waals surface area contributed by atoms with Crippen molar-refractivity contribution in [1.82, 2.24) is 8.61 Å². The molecule has 1 rings (SSSR count). The summed E-state index contributed by atoms with van der Waals surface area (Å²) < 4.78 is 32.3. The maximum atomic E-state index is 12.1. The Balaban J connectivity index is 2.66. The first-order valence-corrected chi connectivity index (χ1v) is 7.58. The van der Waals surface area contributed by atoms with Crippen LogP contribution in [0.25, 0.3) is 0 Å². The topological polar surface area (TPSA) is 49.9 Å². The molecule has 5 nitrogen and oxygen atoms in total. The third-order valence-corrected chi connectivity index (χ3v) is 5.21. The van der Waals surface area contributed by atoms with Gasteiger partial charge in [0, 0.05) is 40.4 Å². The van der Waals surface area contributed by atoms with E-state index in [1.807, 2.05) is 0 Å². The third-order valence-electron chi connectivity index (χ3n) is 3.22. The van der Waals surface area contributed by atoms with Gasteiger partial charge in [0.1, 0.15) is 0 Å². The maximum absolute atomic E-state index is 12.1. The van der Waals surface area contributed by atoms with E-state index in [0.29, 0.717) is 13.2 Å². The summed E-state index contributed by atoms with van der Waals surface area (Å²) in [5, 5.41) is 0. The van der Waals surface area contributed by atoms with Gasteiger partial charge in [0.25, 0.3) is 10.2 Å². The van der Waals surface area contributed by atoms with Gasteiger partial charge in [-0.15, -0.1) is 0 Å². The number of methoxy groups -OCH3 is 1. The molecular formula is C11H24N2O3S. The van der Waals surface area contributed by atoms with Gasteiger partial charge in [0.05, 0.1) is 0 Å². The molecule has 0 spiro atoms. The molecule has 6 heteroatoms. The molecule has 0 saturated carbocycles. The van der Waals surface area contributed by atoms with Gasteiger partial charge in [0.15, 0.2) is 0 Å². The number of rotatable bonds is 6. The van der Waals surface area contributed by atoms with Crippen LogP contribution in [0.2, 0.25) is 0 Å². The highest BCUT2D eigenvalue weighted by molar-refractivity contribution is 7.86. The molecule has 1 aliphatic heterocycles. The van der Waals surface area contributed by atoms with E-state index in [1.165, 1.54) is 4.31 Å². The summed E-state index contributed by atoms with van der Waals surface area (Å²) in [7, 11) is 1.60. The Labute approximate surface area is 105 Å². The second kappa shape index (κ2) is 6.68. The van der Waals surface area contributed by atoms with Gasteiger partial charge >= 0.3 is 0 Å². The molecule has 0 amide bonds. The molecule has 0 radical (unpaired) electrons. The molecule has 1 atom stereocenters. The smallest absolute Gasteiger partial charge is 0.281 e. The van der Waals surface area contributed by atoms with Crippen molar-refractivity contribution in [1.29, 1.82) is 0 Å². The molecular weight excluding hydrogens is 240 g/mol. The molecule has 102 valence electrons. The summed E-state index contributed by atoms with van der Waals surface area (Å²) in [4.78, 5) is 0. The molecule has 1 fully saturated rings. The van der Waals surface area contributed by atoms with Crippen molar-refractivity contribution in [3.8, 4) is 0 Å². The second-order valence-electron chi connectivity index (χ2n) is 4.69. The van der Waals surface area contributed by atoms with Gasteiger partial charge in [-0.2, -0.15) is 17.0 Å². The predicted octanol–water partition coefficient (Wildman–Crippen LogP) is 1.07. The zero-order chi connectivity index (χ0) is 12.9.